The summed E-state index contributed by atoms with van der Waals surface area (Å²) in [6.45, 7) is 7.72. The van der Waals surface area contributed by atoms with Gasteiger partial charge in [0, 0.05) is 11.3 Å². The van der Waals surface area contributed by atoms with E-state index in [-0.39, 0.29) is 47.1 Å². The van der Waals surface area contributed by atoms with E-state index >= 15 is 0 Å². The lowest BCUT2D eigenvalue weighted by molar-refractivity contribution is -0.201. The summed E-state index contributed by atoms with van der Waals surface area (Å²) in [5.41, 5.74) is -5.08. The summed E-state index contributed by atoms with van der Waals surface area (Å²) in [5.74, 6) is -0.163. The number of allylic oxidation sites excluding steroid dienone is 1. The van der Waals surface area contributed by atoms with Gasteiger partial charge in [0.2, 0.25) is 0 Å². The molecule has 4 saturated carbocycles. The Bertz CT molecular complexity index is 1070. The van der Waals surface area contributed by atoms with Crippen molar-refractivity contribution in [1.29, 1.82) is 0 Å². The Morgan fingerprint density at radius 1 is 0.971 bits per heavy atom. The fourth-order valence-electron chi connectivity index (χ4n) is 10.6. The van der Waals surface area contributed by atoms with E-state index in [2.05, 4.69) is 6.92 Å². The zero-order valence-electron chi connectivity index (χ0n) is 21.1. The highest BCUT2D eigenvalue weighted by molar-refractivity contribution is 5.98. The summed E-state index contributed by atoms with van der Waals surface area (Å²) in [6, 6.07) is 0. The SMILES string of the molecule is CC12CC(OC(=O)[C@]1(C)O)[C@@H]([C@]1(O)CC[C@H]3[C@@H]4C[C@H]5O[C@]56[C@@H](O)C=CC(=O)[C@]6(C)[C@H]4CC[C@@]31C)C2. The third kappa shape index (κ3) is 2.23. The Hall–Kier alpha value is -1.28. The number of carbonyl (C=O) groups excluding carboxylic acids is 2. The first-order valence-electron chi connectivity index (χ1n) is 13.5. The molecular weight excluding hydrogens is 448 g/mol. The van der Waals surface area contributed by atoms with E-state index in [0.717, 1.165) is 25.7 Å². The third-order valence-electron chi connectivity index (χ3n) is 13.0. The maximum Gasteiger partial charge on any atom is 0.338 e. The Morgan fingerprint density at radius 3 is 2.43 bits per heavy atom. The molecule has 0 radical (unpaired) electrons. The summed E-state index contributed by atoms with van der Waals surface area (Å²) in [7, 11) is 0. The highest BCUT2D eigenvalue weighted by Gasteiger charge is 2.81. The Morgan fingerprint density at radius 2 is 1.69 bits per heavy atom. The van der Waals surface area contributed by atoms with Gasteiger partial charge in [0.15, 0.2) is 11.4 Å². The third-order valence-corrected chi connectivity index (χ3v) is 13.0. The van der Waals surface area contributed by atoms with Gasteiger partial charge in [-0.1, -0.05) is 13.8 Å². The number of esters is 1. The molecule has 2 unspecified atom stereocenters. The van der Waals surface area contributed by atoms with Gasteiger partial charge in [0.25, 0.3) is 0 Å². The Kier molecular flexibility index (Phi) is 4.07. The first-order chi connectivity index (χ1) is 16.3. The molecule has 13 atom stereocenters. The molecule has 7 rings (SSSR count). The number of carbonyl (C=O) groups is 2. The van der Waals surface area contributed by atoms with Crippen LogP contribution in [0.1, 0.15) is 72.6 Å². The van der Waals surface area contributed by atoms with Crippen molar-refractivity contribution in [3.8, 4) is 0 Å². The number of aliphatic hydroxyl groups is 3. The van der Waals surface area contributed by atoms with Crippen molar-refractivity contribution >= 4 is 11.8 Å². The van der Waals surface area contributed by atoms with Gasteiger partial charge in [-0.15, -0.1) is 0 Å². The quantitative estimate of drug-likeness (QED) is 0.385. The van der Waals surface area contributed by atoms with Crippen LogP contribution in [0.15, 0.2) is 12.2 Å². The van der Waals surface area contributed by atoms with Crippen LogP contribution in [0.4, 0.5) is 0 Å². The molecule has 7 heteroatoms. The van der Waals surface area contributed by atoms with Crippen LogP contribution in [0.2, 0.25) is 0 Å². The van der Waals surface area contributed by atoms with Crippen molar-refractivity contribution in [1.82, 2.24) is 0 Å². The van der Waals surface area contributed by atoms with Crippen molar-refractivity contribution in [3.63, 3.8) is 0 Å². The van der Waals surface area contributed by atoms with Crippen LogP contribution in [0.3, 0.4) is 0 Å². The van der Waals surface area contributed by atoms with E-state index in [9.17, 15) is 24.9 Å². The van der Waals surface area contributed by atoms with Crippen molar-refractivity contribution in [2.75, 3.05) is 0 Å². The lowest BCUT2D eigenvalue weighted by Gasteiger charge is -2.59. The second-order valence-corrected chi connectivity index (χ2v) is 13.9. The fourth-order valence-corrected chi connectivity index (χ4v) is 10.6. The minimum atomic E-state index is -1.55. The van der Waals surface area contributed by atoms with Gasteiger partial charge in [0.1, 0.15) is 17.8 Å². The number of hydrogen-bond acceptors (Lipinski definition) is 7. The van der Waals surface area contributed by atoms with E-state index in [4.69, 9.17) is 9.47 Å². The summed E-state index contributed by atoms with van der Waals surface area (Å²) < 4.78 is 12.0. The van der Waals surface area contributed by atoms with Gasteiger partial charge in [-0.2, -0.15) is 0 Å². The lowest BCUT2D eigenvalue weighted by Crippen LogP contribution is -2.65. The normalized spacial score (nSPS) is 64.1. The molecule has 2 saturated heterocycles. The predicted molar refractivity (Wildman–Crippen MR) is 124 cm³/mol. The zero-order chi connectivity index (χ0) is 25.0. The van der Waals surface area contributed by atoms with Gasteiger partial charge in [0.05, 0.1) is 17.1 Å². The van der Waals surface area contributed by atoms with Crippen LogP contribution < -0.4 is 0 Å². The maximum atomic E-state index is 13.3. The molecule has 0 aromatic rings. The highest BCUT2D eigenvalue weighted by Crippen LogP contribution is 2.74. The highest BCUT2D eigenvalue weighted by atomic mass is 16.6. The standard InChI is InChI=1S/C28H38O7/c1-23-12-17(18(13-23)34-22(31)26(23,4)32)27(33)10-8-15-14-11-21-28(35-21)20(30)6-5-19(29)25(28,3)16(14)7-9-24(15,27)2/h5-6,14-18,20-21,30,32-33H,7-13H2,1-4H3/t14-,15-,16-,17-,18?,20-,21+,23?,24-,25-,26-,27+,28+/m0/s1. The fraction of sp³-hybridized carbons (Fsp3) is 0.857. The summed E-state index contributed by atoms with van der Waals surface area (Å²) in [5, 5.41) is 34.3. The minimum Gasteiger partial charge on any atom is -0.460 e. The number of fused-ring (bicyclic) bond motifs is 6. The predicted octanol–water partition coefficient (Wildman–Crippen LogP) is 2.30. The zero-order valence-corrected chi connectivity index (χ0v) is 21.1. The summed E-state index contributed by atoms with van der Waals surface area (Å²) >= 11 is 0. The Labute approximate surface area is 206 Å². The summed E-state index contributed by atoms with van der Waals surface area (Å²) in [4.78, 5) is 26.0. The molecule has 2 aliphatic heterocycles. The maximum absolute atomic E-state index is 13.3. The van der Waals surface area contributed by atoms with E-state index in [0.29, 0.717) is 19.3 Å². The van der Waals surface area contributed by atoms with E-state index in [1.807, 2.05) is 13.8 Å². The van der Waals surface area contributed by atoms with Crippen molar-refractivity contribution in [2.45, 2.75) is 108 Å². The molecule has 2 heterocycles. The topological polar surface area (TPSA) is 117 Å². The molecular formula is C28H38O7. The molecule has 7 nitrogen and oxygen atoms in total. The van der Waals surface area contributed by atoms with Crippen LogP contribution in [0.5, 0.6) is 0 Å². The average molecular weight is 487 g/mol. The molecule has 192 valence electrons. The van der Waals surface area contributed by atoms with Gasteiger partial charge < -0.3 is 24.8 Å². The van der Waals surface area contributed by atoms with Crippen LogP contribution in [-0.4, -0.2) is 62.2 Å². The number of ketones is 1. The summed E-state index contributed by atoms with van der Waals surface area (Å²) in [6.07, 6.45) is 6.90. The van der Waals surface area contributed by atoms with Crippen molar-refractivity contribution < 1.29 is 34.4 Å². The van der Waals surface area contributed by atoms with Crippen LogP contribution in [0.25, 0.3) is 0 Å². The molecule has 3 N–H and O–H groups in total. The first kappa shape index (κ1) is 22.9. The molecule has 6 fully saturated rings. The minimum absolute atomic E-state index is 0.0588. The Balaban J connectivity index is 1.24. The largest absolute Gasteiger partial charge is 0.460 e. The van der Waals surface area contributed by atoms with Gasteiger partial charge in [-0.25, -0.2) is 4.79 Å². The second kappa shape index (κ2) is 6.23. The average Bonchev–Trinajstić information content (AvgIpc) is 3.35. The number of rotatable bonds is 1. The van der Waals surface area contributed by atoms with Crippen LogP contribution in [-0.2, 0) is 19.1 Å². The second-order valence-electron chi connectivity index (χ2n) is 13.9. The first-order valence-corrected chi connectivity index (χ1v) is 13.5. The van der Waals surface area contributed by atoms with Gasteiger partial charge in [-0.3, -0.25) is 4.79 Å². The number of epoxide rings is 1. The monoisotopic (exact) mass is 486 g/mol. The molecule has 2 bridgehead atoms. The number of aliphatic hydroxyl groups excluding tert-OH is 1. The van der Waals surface area contributed by atoms with Crippen molar-refractivity contribution in [3.05, 3.63) is 12.2 Å². The van der Waals surface area contributed by atoms with Crippen LogP contribution >= 0.6 is 0 Å². The molecule has 0 aromatic carbocycles. The van der Waals surface area contributed by atoms with E-state index < -0.39 is 39.7 Å². The van der Waals surface area contributed by atoms with Gasteiger partial charge >= 0.3 is 5.97 Å². The van der Waals surface area contributed by atoms with Gasteiger partial charge in [-0.05, 0) is 94.1 Å². The van der Waals surface area contributed by atoms with E-state index in [1.165, 1.54) is 0 Å². The molecule has 7 aliphatic rings. The number of ether oxygens (including phenoxy) is 2. The molecule has 5 aliphatic carbocycles. The molecule has 0 amide bonds. The van der Waals surface area contributed by atoms with Crippen LogP contribution in [0, 0.1) is 39.9 Å². The van der Waals surface area contributed by atoms with E-state index in [1.54, 1.807) is 19.1 Å². The lowest BCUT2D eigenvalue weighted by atomic mass is 9.44. The molecule has 35 heavy (non-hydrogen) atoms. The molecule has 1 spiro atoms. The number of hydrogen-bond donors (Lipinski definition) is 3. The van der Waals surface area contributed by atoms with Crippen molar-refractivity contribution in [2.24, 2.45) is 39.9 Å². The smallest absolute Gasteiger partial charge is 0.338 e. The molecule has 0 aromatic heterocycles.